The molecule has 8 heteroatoms. The first-order chi connectivity index (χ1) is 14.1. The molecule has 2 aromatic carbocycles. The summed E-state index contributed by atoms with van der Waals surface area (Å²) in [6.07, 6.45) is 1.63. The zero-order chi connectivity index (χ0) is 20.2. The maximum absolute atomic E-state index is 13.1. The zero-order valence-corrected chi connectivity index (χ0v) is 15.5. The van der Waals surface area contributed by atoms with E-state index < -0.39 is 0 Å². The highest BCUT2D eigenvalue weighted by Gasteiger charge is 2.08. The summed E-state index contributed by atoms with van der Waals surface area (Å²) in [4.78, 5) is 28.6. The van der Waals surface area contributed by atoms with E-state index in [9.17, 15) is 14.0 Å². The molecule has 1 amide bonds. The van der Waals surface area contributed by atoms with Crippen LogP contribution >= 0.6 is 0 Å². The van der Waals surface area contributed by atoms with Gasteiger partial charge < -0.3 is 9.88 Å². The lowest BCUT2D eigenvalue weighted by Crippen LogP contribution is -2.33. The number of benzene rings is 2. The predicted molar refractivity (Wildman–Crippen MR) is 107 cm³/mol. The van der Waals surface area contributed by atoms with Crippen LogP contribution in [0.5, 0.6) is 0 Å². The zero-order valence-electron chi connectivity index (χ0n) is 15.5. The lowest BCUT2D eigenvalue weighted by Gasteiger charge is -2.09. The highest BCUT2D eigenvalue weighted by atomic mass is 19.1. The van der Waals surface area contributed by atoms with Gasteiger partial charge >= 0.3 is 0 Å². The largest absolute Gasteiger partial charge is 0.353 e. The van der Waals surface area contributed by atoms with Crippen LogP contribution in [-0.4, -0.2) is 31.8 Å². The van der Waals surface area contributed by atoms with Crippen molar-refractivity contribution in [3.63, 3.8) is 0 Å². The van der Waals surface area contributed by atoms with Crippen molar-refractivity contribution in [1.82, 2.24) is 24.6 Å². The molecular weight excluding hydrogens is 373 g/mol. The summed E-state index contributed by atoms with van der Waals surface area (Å²) in [7, 11) is 0. The van der Waals surface area contributed by atoms with Gasteiger partial charge in [-0.15, -0.1) is 0 Å². The standard InChI is InChI=1S/C21H18FN5O2/c22-16-7-5-15(6-8-16)17-9-10-21(29)27(25-17)12-11-23-20(28)13-26-14-24-18-3-1-2-4-19(18)26/h1-10,14H,11-13H2,(H,23,28). The first kappa shape index (κ1) is 18.5. The Labute approximate surface area is 165 Å². The fraction of sp³-hybridized carbons (Fsp3) is 0.143. The van der Waals surface area contributed by atoms with Crippen LogP contribution in [0.15, 0.2) is 71.8 Å². The van der Waals surface area contributed by atoms with E-state index in [4.69, 9.17) is 0 Å². The van der Waals surface area contributed by atoms with Crippen LogP contribution in [0, 0.1) is 5.82 Å². The summed E-state index contributed by atoms with van der Waals surface area (Å²) in [6, 6.07) is 16.5. The summed E-state index contributed by atoms with van der Waals surface area (Å²) in [5.41, 5.74) is 2.70. The molecule has 0 aliphatic heterocycles. The molecule has 0 aliphatic rings. The molecule has 0 saturated carbocycles. The van der Waals surface area contributed by atoms with E-state index >= 15 is 0 Å². The third-order valence-electron chi connectivity index (χ3n) is 4.49. The Kier molecular flexibility index (Phi) is 5.15. The van der Waals surface area contributed by atoms with Crippen molar-refractivity contribution in [1.29, 1.82) is 0 Å². The number of carbonyl (C=O) groups is 1. The van der Waals surface area contributed by atoms with Gasteiger partial charge in [0.25, 0.3) is 5.56 Å². The molecule has 0 atom stereocenters. The summed E-state index contributed by atoms with van der Waals surface area (Å²) in [5, 5.41) is 7.09. The highest BCUT2D eigenvalue weighted by molar-refractivity contribution is 5.80. The Hall–Kier alpha value is -3.81. The predicted octanol–water partition coefficient (Wildman–Crippen LogP) is 2.22. The molecule has 29 heavy (non-hydrogen) atoms. The van der Waals surface area contributed by atoms with Crippen molar-refractivity contribution in [3.05, 3.63) is 83.2 Å². The normalized spacial score (nSPS) is 10.9. The van der Waals surface area contributed by atoms with Crippen LogP contribution in [0.1, 0.15) is 0 Å². The number of hydrogen-bond donors (Lipinski definition) is 1. The second-order valence-electron chi connectivity index (χ2n) is 6.50. The minimum absolute atomic E-state index is 0.137. The van der Waals surface area contributed by atoms with Crippen molar-refractivity contribution in [2.45, 2.75) is 13.1 Å². The average Bonchev–Trinajstić information content (AvgIpc) is 3.13. The van der Waals surface area contributed by atoms with E-state index in [1.807, 2.05) is 24.3 Å². The molecule has 146 valence electrons. The fourth-order valence-electron chi connectivity index (χ4n) is 3.03. The summed E-state index contributed by atoms with van der Waals surface area (Å²) < 4.78 is 16.1. The number of amides is 1. The van der Waals surface area contributed by atoms with Gasteiger partial charge in [-0.2, -0.15) is 5.10 Å². The third kappa shape index (κ3) is 4.21. The number of carbonyl (C=O) groups excluding carboxylic acids is 1. The van der Waals surface area contributed by atoms with Crippen LogP contribution in [0.25, 0.3) is 22.3 Å². The molecule has 0 spiro atoms. The van der Waals surface area contributed by atoms with Gasteiger partial charge in [-0.3, -0.25) is 9.59 Å². The van der Waals surface area contributed by atoms with Gasteiger partial charge in [0, 0.05) is 18.2 Å². The molecule has 7 nitrogen and oxygen atoms in total. The monoisotopic (exact) mass is 391 g/mol. The van der Waals surface area contributed by atoms with Crippen molar-refractivity contribution >= 4 is 16.9 Å². The van der Waals surface area contributed by atoms with Crippen LogP contribution in [0.4, 0.5) is 4.39 Å². The van der Waals surface area contributed by atoms with Gasteiger partial charge in [0.15, 0.2) is 0 Å². The van der Waals surface area contributed by atoms with Gasteiger partial charge in [0.2, 0.25) is 5.91 Å². The van der Waals surface area contributed by atoms with Crippen LogP contribution < -0.4 is 10.9 Å². The van der Waals surface area contributed by atoms with Crippen molar-refractivity contribution < 1.29 is 9.18 Å². The second-order valence-corrected chi connectivity index (χ2v) is 6.50. The molecule has 1 N–H and O–H groups in total. The van der Waals surface area contributed by atoms with Crippen molar-refractivity contribution in [3.8, 4) is 11.3 Å². The number of nitrogens with one attached hydrogen (secondary N) is 1. The molecule has 0 saturated heterocycles. The van der Waals surface area contributed by atoms with Crippen LogP contribution in [-0.2, 0) is 17.9 Å². The first-order valence-corrected chi connectivity index (χ1v) is 9.11. The van der Waals surface area contributed by atoms with Gasteiger partial charge in [0.1, 0.15) is 12.4 Å². The topological polar surface area (TPSA) is 81.8 Å². The molecule has 2 heterocycles. The molecular formula is C21H18FN5O2. The minimum atomic E-state index is -0.338. The van der Waals surface area contributed by atoms with Crippen molar-refractivity contribution in [2.75, 3.05) is 6.54 Å². The van der Waals surface area contributed by atoms with E-state index in [-0.39, 0.29) is 36.9 Å². The lowest BCUT2D eigenvalue weighted by atomic mass is 10.1. The van der Waals surface area contributed by atoms with Gasteiger partial charge in [-0.25, -0.2) is 14.1 Å². The van der Waals surface area contributed by atoms with E-state index in [1.165, 1.54) is 22.9 Å². The van der Waals surface area contributed by atoms with E-state index in [0.29, 0.717) is 11.3 Å². The van der Waals surface area contributed by atoms with Gasteiger partial charge in [0.05, 0.1) is 29.6 Å². The second kappa shape index (κ2) is 8.05. The van der Waals surface area contributed by atoms with E-state index in [0.717, 1.165) is 11.0 Å². The molecule has 0 unspecified atom stereocenters. The Morgan fingerprint density at radius 1 is 1.03 bits per heavy atom. The lowest BCUT2D eigenvalue weighted by molar-refractivity contribution is -0.121. The Bertz CT molecular complexity index is 1210. The number of hydrogen-bond acceptors (Lipinski definition) is 4. The molecule has 4 aromatic rings. The smallest absolute Gasteiger partial charge is 0.266 e. The number of nitrogens with zero attached hydrogens (tertiary/aromatic N) is 4. The third-order valence-corrected chi connectivity index (χ3v) is 4.49. The molecule has 0 bridgehead atoms. The first-order valence-electron chi connectivity index (χ1n) is 9.11. The maximum atomic E-state index is 13.1. The van der Waals surface area contributed by atoms with Crippen LogP contribution in [0.3, 0.4) is 0 Å². The number of imidazole rings is 1. The highest BCUT2D eigenvalue weighted by Crippen LogP contribution is 2.15. The quantitative estimate of drug-likeness (QED) is 0.546. The maximum Gasteiger partial charge on any atom is 0.266 e. The van der Waals surface area contributed by atoms with Gasteiger partial charge in [-0.05, 0) is 42.5 Å². The SMILES string of the molecule is O=C(Cn1cnc2ccccc21)NCCn1nc(-c2ccc(F)cc2)ccc1=O. The van der Waals surface area contributed by atoms with E-state index in [1.54, 1.807) is 29.1 Å². The number of halogens is 1. The number of para-hydroxylation sites is 2. The number of rotatable bonds is 6. The van der Waals surface area contributed by atoms with Crippen molar-refractivity contribution in [2.24, 2.45) is 0 Å². The summed E-state index contributed by atoms with van der Waals surface area (Å²) >= 11 is 0. The molecule has 4 rings (SSSR count). The fourth-order valence-corrected chi connectivity index (χ4v) is 3.03. The Balaban J connectivity index is 1.38. The Morgan fingerprint density at radius 2 is 1.83 bits per heavy atom. The van der Waals surface area contributed by atoms with Crippen LogP contribution in [0.2, 0.25) is 0 Å². The summed E-state index contributed by atoms with van der Waals surface area (Å²) in [6.45, 7) is 0.619. The average molecular weight is 391 g/mol. The van der Waals surface area contributed by atoms with E-state index in [2.05, 4.69) is 15.4 Å². The number of fused-ring (bicyclic) bond motifs is 1. The number of aromatic nitrogens is 4. The molecule has 0 fully saturated rings. The van der Waals surface area contributed by atoms with Gasteiger partial charge in [-0.1, -0.05) is 12.1 Å². The molecule has 2 aromatic heterocycles. The summed E-state index contributed by atoms with van der Waals surface area (Å²) in [5.74, 6) is -0.522. The molecule has 0 radical (unpaired) electrons. The molecule has 0 aliphatic carbocycles. The Morgan fingerprint density at radius 3 is 2.66 bits per heavy atom. The minimum Gasteiger partial charge on any atom is -0.353 e.